The van der Waals surface area contributed by atoms with E-state index in [-0.39, 0.29) is 0 Å². The van der Waals surface area contributed by atoms with Crippen molar-refractivity contribution in [2.24, 2.45) is 0 Å². The molecule has 2 aromatic rings. The standard InChI is InChI=1S/C9H8BrN3S/c10-7-1-2-9(11-3-7)12-4-8-5-14-6-13-8/h1-3,5-6H,4H2,(H,11,12). The van der Waals surface area contributed by atoms with Gasteiger partial charge in [-0.15, -0.1) is 11.3 Å². The Kier molecular flexibility index (Phi) is 3.10. The molecule has 0 aliphatic carbocycles. The van der Waals surface area contributed by atoms with Crippen LogP contribution < -0.4 is 5.32 Å². The minimum Gasteiger partial charge on any atom is -0.364 e. The fourth-order valence-electron chi connectivity index (χ4n) is 0.986. The molecule has 5 heteroatoms. The molecule has 0 spiro atoms. The highest BCUT2D eigenvalue weighted by molar-refractivity contribution is 9.10. The quantitative estimate of drug-likeness (QED) is 0.931. The van der Waals surface area contributed by atoms with Crippen molar-refractivity contribution in [3.8, 4) is 0 Å². The van der Waals surface area contributed by atoms with Gasteiger partial charge >= 0.3 is 0 Å². The molecule has 0 aliphatic heterocycles. The molecule has 14 heavy (non-hydrogen) atoms. The largest absolute Gasteiger partial charge is 0.364 e. The minimum atomic E-state index is 0.720. The fourth-order valence-corrected chi connectivity index (χ4v) is 1.78. The first-order valence-corrected chi connectivity index (χ1v) is 5.80. The molecule has 0 aromatic carbocycles. The van der Waals surface area contributed by atoms with Gasteiger partial charge in [-0.3, -0.25) is 0 Å². The fraction of sp³-hybridized carbons (Fsp3) is 0.111. The smallest absolute Gasteiger partial charge is 0.126 e. The van der Waals surface area contributed by atoms with Gasteiger partial charge in [-0.2, -0.15) is 0 Å². The molecule has 72 valence electrons. The molecule has 0 unspecified atom stereocenters. The Morgan fingerprint density at radius 2 is 2.29 bits per heavy atom. The Labute approximate surface area is 94.4 Å². The Morgan fingerprint density at radius 1 is 1.36 bits per heavy atom. The number of hydrogen-bond donors (Lipinski definition) is 1. The highest BCUT2D eigenvalue weighted by atomic mass is 79.9. The lowest BCUT2D eigenvalue weighted by Gasteiger charge is -2.02. The molecule has 3 nitrogen and oxygen atoms in total. The summed E-state index contributed by atoms with van der Waals surface area (Å²) >= 11 is 4.93. The zero-order valence-electron chi connectivity index (χ0n) is 7.27. The molecular formula is C9H8BrN3S. The summed E-state index contributed by atoms with van der Waals surface area (Å²) in [5.41, 5.74) is 2.87. The van der Waals surface area contributed by atoms with Gasteiger partial charge in [-0.05, 0) is 28.1 Å². The highest BCUT2D eigenvalue weighted by Crippen LogP contribution is 2.11. The van der Waals surface area contributed by atoms with Gasteiger partial charge in [0.15, 0.2) is 0 Å². The summed E-state index contributed by atoms with van der Waals surface area (Å²) in [6.45, 7) is 0.720. The third kappa shape index (κ3) is 2.52. The first kappa shape index (κ1) is 9.61. The van der Waals surface area contributed by atoms with Crippen molar-refractivity contribution in [2.75, 3.05) is 5.32 Å². The second-order valence-corrected chi connectivity index (χ2v) is 4.33. The lowest BCUT2D eigenvalue weighted by Crippen LogP contribution is -2.00. The van der Waals surface area contributed by atoms with E-state index in [0.29, 0.717) is 0 Å². The van der Waals surface area contributed by atoms with Gasteiger partial charge in [0.05, 0.1) is 17.7 Å². The van der Waals surface area contributed by atoms with Crippen LogP contribution in [0, 0.1) is 0 Å². The predicted octanol–water partition coefficient (Wildman–Crippen LogP) is 2.91. The van der Waals surface area contributed by atoms with E-state index in [1.54, 1.807) is 17.5 Å². The maximum Gasteiger partial charge on any atom is 0.126 e. The van der Waals surface area contributed by atoms with E-state index in [0.717, 1.165) is 22.5 Å². The van der Waals surface area contributed by atoms with Gasteiger partial charge in [0, 0.05) is 16.0 Å². The van der Waals surface area contributed by atoms with Crippen LogP contribution in [0.1, 0.15) is 5.69 Å². The summed E-state index contributed by atoms with van der Waals surface area (Å²) in [6.07, 6.45) is 1.77. The first-order valence-electron chi connectivity index (χ1n) is 4.07. The second-order valence-electron chi connectivity index (χ2n) is 2.69. The molecule has 0 atom stereocenters. The summed E-state index contributed by atoms with van der Waals surface area (Å²) < 4.78 is 0.983. The van der Waals surface area contributed by atoms with Crippen LogP contribution in [0.2, 0.25) is 0 Å². The van der Waals surface area contributed by atoms with E-state index in [1.807, 2.05) is 23.0 Å². The van der Waals surface area contributed by atoms with Crippen LogP contribution in [0.3, 0.4) is 0 Å². The maximum atomic E-state index is 4.20. The van der Waals surface area contributed by atoms with E-state index < -0.39 is 0 Å². The number of hydrogen-bond acceptors (Lipinski definition) is 4. The van der Waals surface area contributed by atoms with E-state index in [1.165, 1.54) is 0 Å². The van der Waals surface area contributed by atoms with Gasteiger partial charge in [0.1, 0.15) is 5.82 Å². The Morgan fingerprint density at radius 3 is 2.93 bits per heavy atom. The van der Waals surface area contributed by atoms with E-state index in [4.69, 9.17) is 0 Å². The third-order valence-electron chi connectivity index (χ3n) is 1.66. The SMILES string of the molecule is Brc1ccc(NCc2cscn2)nc1. The monoisotopic (exact) mass is 269 g/mol. The molecule has 2 aromatic heterocycles. The lowest BCUT2D eigenvalue weighted by molar-refractivity contribution is 1.05. The van der Waals surface area contributed by atoms with Crippen molar-refractivity contribution in [1.82, 2.24) is 9.97 Å². The van der Waals surface area contributed by atoms with Crippen molar-refractivity contribution in [2.45, 2.75) is 6.54 Å². The zero-order chi connectivity index (χ0) is 9.80. The molecule has 2 heterocycles. The molecule has 2 rings (SSSR count). The normalized spacial score (nSPS) is 10.1. The van der Waals surface area contributed by atoms with Gasteiger partial charge in [-0.1, -0.05) is 0 Å². The number of thiazole rings is 1. The van der Waals surface area contributed by atoms with Crippen LogP contribution >= 0.6 is 27.3 Å². The van der Waals surface area contributed by atoms with E-state index in [9.17, 15) is 0 Å². The van der Waals surface area contributed by atoms with Crippen LogP contribution in [-0.4, -0.2) is 9.97 Å². The third-order valence-corrected chi connectivity index (χ3v) is 2.77. The Hall–Kier alpha value is -0.940. The molecule has 0 aliphatic rings. The Bertz CT molecular complexity index is 385. The van der Waals surface area contributed by atoms with Crippen molar-refractivity contribution in [1.29, 1.82) is 0 Å². The van der Waals surface area contributed by atoms with Crippen molar-refractivity contribution in [3.05, 3.63) is 39.4 Å². The molecular weight excluding hydrogens is 262 g/mol. The van der Waals surface area contributed by atoms with Crippen molar-refractivity contribution >= 4 is 33.1 Å². The van der Waals surface area contributed by atoms with Crippen LogP contribution in [0.15, 0.2) is 33.7 Å². The summed E-state index contributed by atoms with van der Waals surface area (Å²) in [5, 5.41) is 5.21. The molecule has 0 fully saturated rings. The van der Waals surface area contributed by atoms with E-state index in [2.05, 4.69) is 31.2 Å². The van der Waals surface area contributed by atoms with Crippen molar-refractivity contribution in [3.63, 3.8) is 0 Å². The lowest BCUT2D eigenvalue weighted by atomic mass is 10.4. The highest BCUT2D eigenvalue weighted by Gasteiger charge is 1.96. The summed E-state index contributed by atoms with van der Waals surface area (Å²) in [6, 6.07) is 3.88. The topological polar surface area (TPSA) is 37.8 Å². The second kappa shape index (κ2) is 4.52. The molecule has 1 N–H and O–H groups in total. The molecule has 0 radical (unpaired) electrons. The van der Waals surface area contributed by atoms with E-state index >= 15 is 0 Å². The summed E-state index contributed by atoms with van der Waals surface area (Å²) in [7, 11) is 0. The number of anilines is 1. The minimum absolute atomic E-state index is 0.720. The summed E-state index contributed by atoms with van der Waals surface area (Å²) in [4.78, 5) is 8.36. The zero-order valence-corrected chi connectivity index (χ0v) is 9.68. The van der Waals surface area contributed by atoms with Gasteiger partial charge in [0.2, 0.25) is 0 Å². The molecule has 0 saturated carbocycles. The predicted molar refractivity (Wildman–Crippen MR) is 61.4 cm³/mol. The average molecular weight is 270 g/mol. The molecule has 0 saturated heterocycles. The van der Waals surface area contributed by atoms with Crippen LogP contribution in [0.25, 0.3) is 0 Å². The Balaban J connectivity index is 1.95. The van der Waals surface area contributed by atoms with Crippen molar-refractivity contribution < 1.29 is 0 Å². The number of aromatic nitrogens is 2. The number of halogens is 1. The van der Waals surface area contributed by atoms with Crippen LogP contribution in [0.4, 0.5) is 5.82 Å². The molecule has 0 amide bonds. The molecule has 0 bridgehead atoms. The van der Waals surface area contributed by atoms with Crippen LogP contribution in [-0.2, 0) is 6.54 Å². The number of pyridine rings is 1. The van der Waals surface area contributed by atoms with Gasteiger partial charge < -0.3 is 5.32 Å². The number of rotatable bonds is 3. The average Bonchev–Trinajstić information content (AvgIpc) is 2.70. The van der Waals surface area contributed by atoms with Gasteiger partial charge in [-0.25, -0.2) is 9.97 Å². The maximum absolute atomic E-state index is 4.20. The van der Waals surface area contributed by atoms with Crippen LogP contribution in [0.5, 0.6) is 0 Å². The summed E-state index contributed by atoms with van der Waals surface area (Å²) in [5.74, 6) is 0.862. The van der Waals surface area contributed by atoms with Gasteiger partial charge in [0.25, 0.3) is 0 Å². The first-order chi connectivity index (χ1) is 6.84. The number of nitrogens with one attached hydrogen (secondary N) is 1. The number of nitrogens with zero attached hydrogens (tertiary/aromatic N) is 2.